The van der Waals surface area contributed by atoms with Crippen molar-refractivity contribution >= 4 is 10.9 Å². The van der Waals surface area contributed by atoms with Gasteiger partial charge in [-0.15, -0.1) is 5.10 Å². The summed E-state index contributed by atoms with van der Waals surface area (Å²) in [5.74, 6) is 2.17. The maximum absolute atomic E-state index is 13.8. The number of benzene rings is 1. The SMILES string of the molecule is CCOc1ccc2[nH]c(=O)c(C(c3nnnn3C3CCCCC3)N(Cc3cccnc3)Cc3ccco3)cc2c1. The molecular formula is C30H33N7O3. The molecule has 1 aliphatic carbocycles. The van der Waals surface area contributed by atoms with E-state index in [2.05, 4.69) is 30.4 Å². The zero-order valence-electron chi connectivity index (χ0n) is 22.6. The lowest BCUT2D eigenvalue weighted by Gasteiger charge is -2.32. The number of nitrogens with zero attached hydrogens (tertiary/aromatic N) is 6. The average molecular weight is 540 g/mol. The van der Waals surface area contributed by atoms with Gasteiger partial charge in [0.2, 0.25) is 0 Å². The molecule has 0 saturated heterocycles. The van der Waals surface area contributed by atoms with E-state index >= 15 is 0 Å². The second kappa shape index (κ2) is 11.8. The first kappa shape index (κ1) is 25.9. The number of tetrazole rings is 1. The number of fused-ring (bicyclic) bond motifs is 1. The minimum Gasteiger partial charge on any atom is -0.494 e. The van der Waals surface area contributed by atoms with Crippen LogP contribution in [-0.2, 0) is 13.1 Å². The van der Waals surface area contributed by atoms with Crippen molar-refractivity contribution in [3.8, 4) is 5.75 Å². The van der Waals surface area contributed by atoms with Gasteiger partial charge in [0.1, 0.15) is 17.6 Å². The fraction of sp³-hybridized carbons (Fsp3) is 0.367. The van der Waals surface area contributed by atoms with Crippen molar-refractivity contribution in [2.24, 2.45) is 0 Å². The molecule has 206 valence electrons. The summed E-state index contributed by atoms with van der Waals surface area (Å²) < 4.78 is 13.5. The molecular weight excluding hydrogens is 506 g/mol. The molecule has 4 aromatic heterocycles. The molecule has 10 heteroatoms. The van der Waals surface area contributed by atoms with E-state index in [-0.39, 0.29) is 11.6 Å². The molecule has 1 atom stereocenters. The largest absolute Gasteiger partial charge is 0.494 e. The number of ether oxygens (including phenoxy) is 1. The molecule has 10 nitrogen and oxygen atoms in total. The van der Waals surface area contributed by atoms with Crippen molar-refractivity contribution in [3.63, 3.8) is 0 Å². The van der Waals surface area contributed by atoms with Crippen LogP contribution in [0.2, 0.25) is 0 Å². The maximum atomic E-state index is 13.8. The number of nitrogens with one attached hydrogen (secondary N) is 1. The Morgan fingerprint density at radius 2 is 2.02 bits per heavy atom. The monoisotopic (exact) mass is 539 g/mol. The van der Waals surface area contributed by atoms with Crippen LogP contribution in [0.4, 0.5) is 0 Å². The van der Waals surface area contributed by atoms with Gasteiger partial charge in [0.05, 0.1) is 25.5 Å². The van der Waals surface area contributed by atoms with Gasteiger partial charge in [-0.2, -0.15) is 0 Å². The number of H-pyrrole nitrogens is 1. The van der Waals surface area contributed by atoms with Crippen molar-refractivity contribution in [1.29, 1.82) is 0 Å². The Bertz CT molecular complexity index is 1590. The zero-order chi connectivity index (χ0) is 27.3. The van der Waals surface area contributed by atoms with Crippen molar-refractivity contribution in [2.75, 3.05) is 6.61 Å². The maximum Gasteiger partial charge on any atom is 0.253 e. The third kappa shape index (κ3) is 5.53. The third-order valence-electron chi connectivity index (χ3n) is 7.55. The first-order valence-corrected chi connectivity index (χ1v) is 13.9. The van der Waals surface area contributed by atoms with Gasteiger partial charge in [-0.1, -0.05) is 25.3 Å². The fourth-order valence-corrected chi connectivity index (χ4v) is 5.69. The molecule has 1 unspecified atom stereocenters. The number of furan rings is 1. The van der Waals surface area contributed by atoms with Crippen molar-refractivity contribution in [2.45, 2.75) is 64.2 Å². The lowest BCUT2D eigenvalue weighted by atomic mass is 9.95. The number of hydrogen-bond acceptors (Lipinski definition) is 8. The molecule has 0 amide bonds. The Kier molecular flexibility index (Phi) is 7.67. The van der Waals surface area contributed by atoms with Gasteiger partial charge in [-0.25, -0.2) is 4.68 Å². The number of pyridine rings is 2. The smallest absolute Gasteiger partial charge is 0.253 e. The second-order valence-electron chi connectivity index (χ2n) is 10.3. The zero-order valence-corrected chi connectivity index (χ0v) is 22.6. The predicted octanol–water partition coefficient (Wildman–Crippen LogP) is 5.20. The summed E-state index contributed by atoms with van der Waals surface area (Å²) in [6, 6.07) is 15.0. The van der Waals surface area contributed by atoms with E-state index in [0.717, 1.165) is 53.7 Å². The van der Waals surface area contributed by atoms with Gasteiger partial charge in [0.25, 0.3) is 5.56 Å². The van der Waals surface area contributed by atoms with Crippen LogP contribution in [0.15, 0.2) is 76.4 Å². The topological polar surface area (TPSA) is 115 Å². The number of hydrogen-bond donors (Lipinski definition) is 1. The van der Waals surface area contributed by atoms with Crippen LogP contribution in [0.25, 0.3) is 10.9 Å². The molecule has 1 saturated carbocycles. The Morgan fingerprint density at radius 3 is 2.80 bits per heavy atom. The summed E-state index contributed by atoms with van der Waals surface area (Å²) in [7, 11) is 0. The Balaban J connectivity index is 1.52. The summed E-state index contributed by atoms with van der Waals surface area (Å²) in [4.78, 5) is 23.4. The highest BCUT2D eigenvalue weighted by Gasteiger charge is 2.33. The van der Waals surface area contributed by atoms with E-state index in [1.165, 1.54) is 6.42 Å². The molecule has 0 radical (unpaired) electrons. The normalized spacial score (nSPS) is 15.1. The van der Waals surface area contributed by atoms with Gasteiger partial charge in [0.15, 0.2) is 5.82 Å². The van der Waals surface area contributed by atoms with E-state index < -0.39 is 6.04 Å². The highest BCUT2D eigenvalue weighted by Crippen LogP contribution is 2.35. The summed E-state index contributed by atoms with van der Waals surface area (Å²) in [6.07, 6.45) is 10.8. The van der Waals surface area contributed by atoms with Gasteiger partial charge in [0, 0.05) is 35.4 Å². The van der Waals surface area contributed by atoms with Crippen LogP contribution in [0.5, 0.6) is 5.75 Å². The van der Waals surface area contributed by atoms with Crippen LogP contribution in [0.1, 0.15) is 73.8 Å². The van der Waals surface area contributed by atoms with E-state index in [9.17, 15) is 4.79 Å². The fourth-order valence-electron chi connectivity index (χ4n) is 5.69. The molecule has 40 heavy (non-hydrogen) atoms. The summed E-state index contributed by atoms with van der Waals surface area (Å²) in [5.41, 5.74) is 2.12. The van der Waals surface area contributed by atoms with E-state index in [0.29, 0.717) is 31.1 Å². The van der Waals surface area contributed by atoms with Gasteiger partial charge < -0.3 is 14.1 Å². The molecule has 1 fully saturated rings. The minimum atomic E-state index is -0.550. The third-order valence-corrected chi connectivity index (χ3v) is 7.55. The van der Waals surface area contributed by atoms with Crippen LogP contribution in [0.3, 0.4) is 0 Å². The Labute approximate surface area is 232 Å². The lowest BCUT2D eigenvalue weighted by Crippen LogP contribution is -2.35. The van der Waals surface area contributed by atoms with Crippen molar-refractivity contribution in [3.05, 3.63) is 100 Å². The molecule has 6 rings (SSSR count). The Morgan fingerprint density at radius 1 is 1.12 bits per heavy atom. The lowest BCUT2D eigenvalue weighted by molar-refractivity contribution is 0.173. The first-order valence-electron chi connectivity index (χ1n) is 13.9. The second-order valence-corrected chi connectivity index (χ2v) is 10.3. The molecule has 4 heterocycles. The van der Waals surface area contributed by atoms with Gasteiger partial charge in [-0.3, -0.25) is 14.7 Å². The highest BCUT2D eigenvalue weighted by molar-refractivity contribution is 5.80. The van der Waals surface area contributed by atoms with E-state index in [1.807, 2.05) is 66.3 Å². The van der Waals surface area contributed by atoms with Gasteiger partial charge >= 0.3 is 0 Å². The predicted molar refractivity (Wildman–Crippen MR) is 150 cm³/mol. The molecule has 0 aliphatic heterocycles. The number of rotatable bonds is 10. The van der Waals surface area contributed by atoms with Crippen LogP contribution in [0, 0.1) is 0 Å². The quantitative estimate of drug-likeness (QED) is 0.258. The Hall–Kier alpha value is -4.31. The van der Waals surface area contributed by atoms with E-state index in [4.69, 9.17) is 9.15 Å². The first-order chi connectivity index (χ1) is 19.7. The van der Waals surface area contributed by atoms with Crippen molar-refractivity contribution in [1.82, 2.24) is 35.1 Å². The van der Waals surface area contributed by atoms with Gasteiger partial charge in [-0.05, 0) is 78.2 Å². The van der Waals surface area contributed by atoms with Crippen LogP contribution in [-0.4, -0.2) is 41.7 Å². The molecule has 5 aromatic rings. The highest BCUT2D eigenvalue weighted by atomic mass is 16.5. The number of aromatic nitrogens is 6. The molecule has 1 aliphatic rings. The van der Waals surface area contributed by atoms with Crippen LogP contribution >= 0.6 is 0 Å². The summed E-state index contributed by atoms with van der Waals surface area (Å²) in [5, 5.41) is 14.0. The van der Waals surface area contributed by atoms with Crippen LogP contribution < -0.4 is 10.3 Å². The molecule has 0 bridgehead atoms. The molecule has 0 spiro atoms. The summed E-state index contributed by atoms with van der Waals surface area (Å²) >= 11 is 0. The molecule has 1 N–H and O–H groups in total. The van der Waals surface area contributed by atoms with Crippen molar-refractivity contribution < 1.29 is 9.15 Å². The standard InChI is InChI=1S/C30H33N7O3/c1-2-39-24-12-13-27-22(16-24)17-26(30(38)32-27)28(29-33-34-35-37(29)23-9-4-3-5-10-23)36(20-25-11-7-15-40-25)19-21-8-6-14-31-18-21/h6-8,11-18,23,28H,2-5,9-10,19-20H2,1H3,(H,32,38). The average Bonchev–Trinajstić information content (AvgIpc) is 3.68. The molecule has 1 aromatic carbocycles. The minimum absolute atomic E-state index is 0.185. The van der Waals surface area contributed by atoms with E-state index in [1.54, 1.807) is 12.5 Å². The summed E-state index contributed by atoms with van der Waals surface area (Å²) in [6.45, 7) is 3.46. The number of aromatic amines is 1.